The molecule has 0 spiro atoms. The summed E-state index contributed by atoms with van der Waals surface area (Å²) in [6.45, 7) is 0. The van der Waals surface area contributed by atoms with Crippen LogP contribution in [0.2, 0.25) is 0 Å². The number of hydrogen-bond donors (Lipinski definition) is 1. The summed E-state index contributed by atoms with van der Waals surface area (Å²) in [6, 6.07) is 22.9. The molecule has 1 amide bonds. The number of rotatable bonds is 3. The number of amides is 1. The number of nitrogens with one attached hydrogen (secondary N) is 1. The van der Waals surface area contributed by atoms with Gasteiger partial charge in [-0.05, 0) is 41.5 Å². The molecular formula is C19H14FNO. The molecule has 3 heteroatoms. The van der Waals surface area contributed by atoms with Crippen LogP contribution in [-0.4, -0.2) is 5.91 Å². The van der Waals surface area contributed by atoms with Crippen molar-refractivity contribution in [1.29, 1.82) is 0 Å². The minimum Gasteiger partial charge on any atom is -0.322 e. The minimum atomic E-state index is -0.331. The maximum Gasteiger partial charge on any atom is 0.256 e. The van der Waals surface area contributed by atoms with E-state index in [2.05, 4.69) is 5.32 Å². The van der Waals surface area contributed by atoms with Crippen molar-refractivity contribution in [2.24, 2.45) is 0 Å². The molecule has 0 saturated heterocycles. The largest absolute Gasteiger partial charge is 0.322 e. The smallest absolute Gasteiger partial charge is 0.256 e. The summed E-state index contributed by atoms with van der Waals surface area (Å²) in [7, 11) is 0. The van der Waals surface area contributed by atoms with E-state index in [1.165, 1.54) is 12.1 Å². The summed E-state index contributed by atoms with van der Waals surface area (Å²) in [5, 5.41) is 2.79. The van der Waals surface area contributed by atoms with Gasteiger partial charge in [-0.3, -0.25) is 4.79 Å². The zero-order valence-electron chi connectivity index (χ0n) is 11.8. The summed E-state index contributed by atoms with van der Waals surface area (Å²) in [5.74, 6) is -0.547. The van der Waals surface area contributed by atoms with E-state index in [-0.39, 0.29) is 11.7 Å². The Bertz CT molecular complexity index is 782. The van der Waals surface area contributed by atoms with E-state index in [0.717, 1.165) is 11.1 Å². The van der Waals surface area contributed by atoms with E-state index in [1.807, 2.05) is 48.5 Å². The molecule has 0 saturated carbocycles. The second-order valence-corrected chi connectivity index (χ2v) is 4.87. The van der Waals surface area contributed by atoms with Crippen LogP contribution in [0.5, 0.6) is 0 Å². The van der Waals surface area contributed by atoms with Gasteiger partial charge in [0.2, 0.25) is 0 Å². The molecule has 0 aromatic heterocycles. The molecule has 0 aliphatic rings. The Morgan fingerprint density at radius 3 is 2.14 bits per heavy atom. The summed E-state index contributed by atoms with van der Waals surface area (Å²) >= 11 is 0. The van der Waals surface area contributed by atoms with Gasteiger partial charge in [0, 0.05) is 11.3 Å². The Balaban J connectivity index is 1.91. The van der Waals surface area contributed by atoms with Gasteiger partial charge < -0.3 is 5.32 Å². The molecule has 2 nitrogen and oxygen atoms in total. The topological polar surface area (TPSA) is 29.1 Å². The lowest BCUT2D eigenvalue weighted by Gasteiger charge is -2.10. The normalized spacial score (nSPS) is 10.2. The fourth-order valence-electron chi connectivity index (χ4n) is 2.28. The van der Waals surface area contributed by atoms with Gasteiger partial charge in [0.05, 0.1) is 0 Å². The number of benzene rings is 3. The lowest BCUT2D eigenvalue weighted by Crippen LogP contribution is -2.13. The molecular weight excluding hydrogens is 277 g/mol. The van der Waals surface area contributed by atoms with E-state index < -0.39 is 0 Å². The Labute approximate surface area is 128 Å². The van der Waals surface area contributed by atoms with Crippen LogP contribution in [0.1, 0.15) is 10.4 Å². The summed E-state index contributed by atoms with van der Waals surface area (Å²) < 4.78 is 12.9. The number of carbonyl (C=O) groups excluding carboxylic acids is 1. The molecule has 0 unspecified atom stereocenters. The zero-order valence-corrected chi connectivity index (χ0v) is 11.8. The Hall–Kier alpha value is -2.94. The van der Waals surface area contributed by atoms with Crippen LogP contribution in [-0.2, 0) is 0 Å². The monoisotopic (exact) mass is 291 g/mol. The highest BCUT2D eigenvalue weighted by Crippen LogP contribution is 2.24. The first-order chi connectivity index (χ1) is 10.7. The number of hydrogen-bond acceptors (Lipinski definition) is 1. The van der Waals surface area contributed by atoms with E-state index >= 15 is 0 Å². The van der Waals surface area contributed by atoms with E-state index in [9.17, 15) is 9.18 Å². The van der Waals surface area contributed by atoms with Gasteiger partial charge >= 0.3 is 0 Å². The zero-order chi connectivity index (χ0) is 15.4. The standard InChI is InChI=1S/C19H14FNO/c20-15-10-12-16(13-11-15)21-19(22)18-9-5-4-8-17(18)14-6-2-1-3-7-14/h1-13H,(H,21,22). The number of anilines is 1. The average Bonchev–Trinajstić information content (AvgIpc) is 2.58. The van der Waals surface area contributed by atoms with Crippen LogP contribution in [0.15, 0.2) is 78.9 Å². The molecule has 0 atom stereocenters. The van der Waals surface area contributed by atoms with Crippen molar-refractivity contribution >= 4 is 11.6 Å². The Morgan fingerprint density at radius 1 is 0.773 bits per heavy atom. The highest BCUT2D eigenvalue weighted by Gasteiger charge is 2.12. The average molecular weight is 291 g/mol. The molecule has 1 N–H and O–H groups in total. The molecule has 0 aliphatic heterocycles. The molecule has 3 aromatic rings. The molecule has 0 bridgehead atoms. The van der Waals surface area contributed by atoms with Crippen molar-refractivity contribution in [3.63, 3.8) is 0 Å². The van der Waals surface area contributed by atoms with Crippen molar-refractivity contribution < 1.29 is 9.18 Å². The van der Waals surface area contributed by atoms with Crippen LogP contribution in [0.25, 0.3) is 11.1 Å². The SMILES string of the molecule is O=C(Nc1ccc(F)cc1)c1ccccc1-c1ccccc1. The number of carbonyl (C=O) groups is 1. The maximum absolute atomic E-state index is 12.9. The van der Waals surface area contributed by atoms with Gasteiger partial charge in [-0.2, -0.15) is 0 Å². The van der Waals surface area contributed by atoms with Gasteiger partial charge in [0.1, 0.15) is 5.82 Å². The van der Waals surface area contributed by atoms with Crippen molar-refractivity contribution in [2.45, 2.75) is 0 Å². The Kier molecular flexibility index (Phi) is 3.97. The van der Waals surface area contributed by atoms with E-state index in [0.29, 0.717) is 11.3 Å². The van der Waals surface area contributed by atoms with Crippen LogP contribution in [0.3, 0.4) is 0 Å². The predicted octanol–water partition coefficient (Wildman–Crippen LogP) is 4.75. The molecule has 0 heterocycles. The van der Waals surface area contributed by atoms with Crippen LogP contribution in [0.4, 0.5) is 10.1 Å². The van der Waals surface area contributed by atoms with Crippen LogP contribution >= 0.6 is 0 Å². The third-order valence-corrected chi connectivity index (χ3v) is 3.36. The summed E-state index contributed by atoms with van der Waals surface area (Å²) in [4.78, 5) is 12.5. The third kappa shape index (κ3) is 3.04. The van der Waals surface area contributed by atoms with Crippen molar-refractivity contribution in [3.8, 4) is 11.1 Å². The lowest BCUT2D eigenvalue weighted by atomic mass is 9.99. The lowest BCUT2D eigenvalue weighted by molar-refractivity contribution is 0.102. The predicted molar refractivity (Wildman–Crippen MR) is 86.2 cm³/mol. The molecule has 3 aromatic carbocycles. The Morgan fingerprint density at radius 2 is 1.41 bits per heavy atom. The van der Waals surface area contributed by atoms with Crippen LogP contribution in [0, 0.1) is 5.82 Å². The molecule has 3 rings (SSSR count). The van der Waals surface area contributed by atoms with Crippen molar-refractivity contribution in [2.75, 3.05) is 5.32 Å². The van der Waals surface area contributed by atoms with E-state index in [1.54, 1.807) is 18.2 Å². The molecule has 0 fully saturated rings. The summed E-state index contributed by atoms with van der Waals surface area (Å²) in [6.07, 6.45) is 0. The van der Waals surface area contributed by atoms with Gasteiger partial charge in [0.25, 0.3) is 5.91 Å². The minimum absolute atomic E-state index is 0.217. The fourth-order valence-corrected chi connectivity index (χ4v) is 2.28. The maximum atomic E-state index is 12.9. The molecule has 0 aliphatic carbocycles. The highest BCUT2D eigenvalue weighted by molar-refractivity contribution is 6.08. The fraction of sp³-hybridized carbons (Fsp3) is 0. The molecule has 0 radical (unpaired) electrons. The first-order valence-corrected chi connectivity index (χ1v) is 6.95. The van der Waals surface area contributed by atoms with Gasteiger partial charge in [0.15, 0.2) is 0 Å². The van der Waals surface area contributed by atoms with Crippen molar-refractivity contribution in [3.05, 3.63) is 90.2 Å². The van der Waals surface area contributed by atoms with Gasteiger partial charge in [-0.25, -0.2) is 4.39 Å². The highest BCUT2D eigenvalue weighted by atomic mass is 19.1. The van der Waals surface area contributed by atoms with Gasteiger partial charge in [-0.15, -0.1) is 0 Å². The quantitative estimate of drug-likeness (QED) is 0.741. The van der Waals surface area contributed by atoms with Crippen LogP contribution < -0.4 is 5.32 Å². The molecule has 108 valence electrons. The van der Waals surface area contributed by atoms with Gasteiger partial charge in [-0.1, -0.05) is 48.5 Å². The van der Waals surface area contributed by atoms with E-state index in [4.69, 9.17) is 0 Å². The first kappa shape index (κ1) is 14.0. The second kappa shape index (κ2) is 6.22. The third-order valence-electron chi connectivity index (χ3n) is 3.36. The molecule has 22 heavy (non-hydrogen) atoms. The van der Waals surface area contributed by atoms with Crippen molar-refractivity contribution in [1.82, 2.24) is 0 Å². The second-order valence-electron chi connectivity index (χ2n) is 4.87. The first-order valence-electron chi connectivity index (χ1n) is 6.95. The number of halogens is 1. The summed E-state index contributed by atoms with van der Waals surface area (Å²) in [5.41, 5.74) is 2.99.